The van der Waals surface area contributed by atoms with Crippen LogP contribution in [0.25, 0.3) is 10.9 Å². The van der Waals surface area contributed by atoms with Gasteiger partial charge in [0, 0.05) is 18.7 Å². The number of aromatic nitrogens is 2. The van der Waals surface area contributed by atoms with Crippen molar-refractivity contribution in [2.45, 2.75) is 0 Å². The van der Waals surface area contributed by atoms with Gasteiger partial charge >= 0.3 is 6.01 Å². The molecule has 0 fully saturated rings. The number of phenolic OH excluding ortho intramolecular Hbond substituents is 1. The van der Waals surface area contributed by atoms with Gasteiger partial charge in [0.2, 0.25) is 0 Å². The number of nitrogens with zero attached hydrogens (tertiary/aromatic N) is 2. The lowest BCUT2D eigenvalue weighted by Gasteiger charge is -2.04. The number of phenols is 1. The highest BCUT2D eigenvalue weighted by Gasteiger charge is 2.01. The van der Waals surface area contributed by atoms with E-state index in [1.54, 1.807) is 31.5 Å². The van der Waals surface area contributed by atoms with Crippen molar-refractivity contribution in [2.75, 3.05) is 20.3 Å². The van der Waals surface area contributed by atoms with Crippen molar-refractivity contribution in [1.29, 1.82) is 0 Å². The van der Waals surface area contributed by atoms with Gasteiger partial charge in [-0.15, -0.1) is 0 Å². The van der Waals surface area contributed by atoms with Gasteiger partial charge < -0.3 is 14.6 Å². The number of rotatable bonds is 4. The maximum atomic E-state index is 9.27. The van der Waals surface area contributed by atoms with Crippen molar-refractivity contribution in [3.8, 4) is 11.8 Å². The summed E-state index contributed by atoms with van der Waals surface area (Å²) in [5.74, 6) is 0.198. The molecular weight excluding hydrogens is 208 g/mol. The predicted molar refractivity (Wildman–Crippen MR) is 58.6 cm³/mol. The summed E-state index contributed by atoms with van der Waals surface area (Å²) in [4.78, 5) is 8.21. The van der Waals surface area contributed by atoms with E-state index in [2.05, 4.69) is 9.97 Å². The smallest absolute Gasteiger partial charge is 0.316 e. The molecule has 0 amide bonds. The van der Waals surface area contributed by atoms with E-state index in [-0.39, 0.29) is 5.75 Å². The second kappa shape index (κ2) is 4.76. The average molecular weight is 220 g/mol. The Morgan fingerprint density at radius 1 is 1.31 bits per heavy atom. The van der Waals surface area contributed by atoms with E-state index in [0.29, 0.717) is 19.2 Å². The third-order valence-corrected chi connectivity index (χ3v) is 2.06. The van der Waals surface area contributed by atoms with E-state index >= 15 is 0 Å². The molecule has 0 unspecified atom stereocenters. The van der Waals surface area contributed by atoms with Crippen LogP contribution in [0.2, 0.25) is 0 Å². The highest BCUT2D eigenvalue weighted by Crippen LogP contribution is 2.18. The first-order valence-electron chi connectivity index (χ1n) is 4.87. The Bertz CT molecular complexity index is 488. The molecule has 2 aromatic rings. The van der Waals surface area contributed by atoms with Crippen LogP contribution in [0.15, 0.2) is 24.4 Å². The molecule has 2 rings (SSSR count). The minimum atomic E-state index is 0.198. The standard InChI is InChI=1S/C11H12N2O3/c1-15-4-5-16-11-12-7-8-6-9(14)2-3-10(8)13-11/h2-3,6-7,14H,4-5H2,1H3. The first kappa shape index (κ1) is 10.6. The van der Waals surface area contributed by atoms with Crippen LogP contribution in [0.5, 0.6) is 11.8 Å². The largest absolute Gasteiger partial charge is 0.508 e. The molecule has 0 bridgehead atoms. The van der Waals surface area contributed by atoms with Gasteiger partial charge in [-0.2, -0.15) is 4.98 Å². The number of benzene rings is 1. The lowest BCUT2D eigenvalue weighted by Crippen LogP contribution is -2.06. The molecule has 1 N–H and O–H groups in total. The van der Waals surface area contributed by atoms with Crippen LogP contribution in [0, 0.1) is 0 Å². The quantitative estimate of drug-likeness (QED) is 0.788. The Hall–Kier alpha value is -1.88. The Morgan fingerprint density at radius 3 is 3.00 bits per heavy atom. The number of methoxy groups -OCH3 is 1. The van der Waals surface area contributed by atoms with Crippen molar-refractivity contribution >= 4 is 10.9 Å². The number of ether oxygens (including phenoxy) is 2. The molecule has 0 saturated heterocycles. The fraction of sp³-hybridized carbons (Fsp3) is 0.273. The Labute approximate surface area is 92.7 Å². The fourth-order valence-electron chi connectivity index (χ4n) is 1.29. The molecule has 0 aliphatic heterocycles. The zero-order chi connectivity index (χ0) is 11.4. The number of aromatic hydroxyl groups is 1. The molecule has 5 nitrogen and oxygen atoms in total. The van der Waals surface area contributed by atoms with Crippen LogP contribution in [-0.2, 0) is 4.74 Å². The lowest BCUT2D eigenvalue weighted by atomic mass is 10.2. The fourth-order valence-corrected chi connectivity index (χ4v) is 1.29. The molecular formula is C11H12N2O3. The van der Waals surface area contributed by atoms with Crippen molar-refractivity contribution < 1.29 is 14.6 Å². The van der Waals surface area contributed by atoms with Crippen molar-refractivity contribution in [3.05, 3.63) is 24.4 Å². The third kappa shape index (κ3) is 2.38. The summed E-state index contributed by atoms with van der Waals surface area (Å²) in [7, 11) is 1.60. The van der Waals surface area contributed by atoms with Crippen molar-refractivity contribution in [2.24, 2.45) is 0 Å². The monoisotopic (exact) mass is 220 g/mol. The van der Waals surface area contributed by atoms with E-state index in [1.165, 1.54) is 0 Å². The SMILES string of the molecule is COCCOc1ncc2cc(O)ccc2n1. The normalized spacial score (nSPS) is 10.6. The Kier molecular flexibility index (Phi) is 3.16. The Balaban J connectivity index is 2.20. The van der Waals surface area contributed by atoms with E-state index in [0.717, 1.165) is 10.9 Å². The van der Waals surface area contributed by atoms with Gasteiger partial charge in [-0.3, -0.25) is 0 Å². The van der Waals surface area contributed by atoms with Gasteiger partial charge in [-0.1, -0.05) is 0 Å². The zero-order valence-electron chi connectivity index (χ0n) is 8.88. The van der Waals surface area contributed by atoms with Crippen molar-refractivity contribution in [3.63, 3.8) is 0 Å². The van der Waals surface area contributed by atoms with Gasteiger partial charge in [-0.25, -0.2) is 4.98 Å². The van der Waals surface area contributed by atoms with Crippen molar-refractivity contribution in [1.82, 2.24) is 9.97 Å². The minimum Gasteiger partial charge on any atom is -0.508 e. The van der Waals surface area contributed by atoms with E-state index in [4.69, 9.17) is 9.47 Å². The molecule has 16 heavy (non-hydrogen) atoms. The molecule has 0 atom stereocenters. The summed E-state index contributed by atoms with van der Waals surface area (Å²) >= 11 is 0. The van der Waals surface area contributed by atoms with Gasteiger partial charge in [0.1, 0.15) is 12.4 Å². The Morgan fingerprint density at radius 2 is 2.19 bits per heavy atom. The van der Waals surface area contributed by atoms with Crippen LogP contribution in [-0.4, -0.2) is 35.4 Å². The molecule has 0 radical (unpaired) electrons. The molecule has 1 aromatic carbocycles. The summed E-state index contributed by atoms with van der Waals surface area (Å²) < 4.78 is 10.1. The summed E-state index contributed by atoms with van der Waals surface area (Å²) in [5, 5.41) is 10.0. The van der Waals surface area contributed by atoms with E-state index in [9.17, 15) is 5.11 Å². The summed E-state index contributed by atoms with van der Waals surface area (Å²) in [5.41, 5.74) is 0.736. The lowest BCUT2D eigenvalue weighted by molar-refractivity contribution is 0.141. The number of hydrogen-bond acceptors (Lipinski definition) is 5. The number of fused-ring (bicyclic) bond motifs is 1. The second-order valence-electron chi connectivity index (χ2n) is 3.24. The van der Waals surface area contributed by atoms with Crippen LogP contribution in [0.3, 0.4) is 0 Å². The average Bonchev–Trinajstić information content (AvgIpc) is 2.29. The number of hydrogen-bond donors (Lipinski definition) is 1. The first-order chi connectivity index (χ1) is 7.79. The predicted octanol–water partition coefficient (Wildman–Crippen LogP) is 1.36. The maximum Gasteiger partial charge on any atom is 0.316 e. The molecule has 5 heteroatoms. The highest BCUT2D eigenvalue weighted by atomic mass is 16.5. The third-order valence-electron chi connectivity index (χ3n) is 2.06. The molecule has 0 aliphatic carbocycles. The molecule has 0 saturated carbocycles. The zero-order valence-corrected chi connectivity index (χ0v) is 8.88. The summed E-state index contributed by atoms with van der Waals surface area (Å²) in [6, 6.07) is 5.22. The molecule has 0 aliphatic rings. The summed E-state index contributed by atoms with van der Waals surface area (Å²) in [6.45, 7) is 0.914. The first-order valence-corrected chi connectivity index (χ1v) is 4.87. The van der Waals surface area contributed by atoms with Gasteiger partial charge in [-0.05, 0) is 18.2 Å². The van der Waals surface area contributed by atoms with Crippen LogP contribution < -0.4 is 4.74 Å². The van der Waals surface area contributed by atoms with E-state index in [1.807, 2.05) is 0 Å². The second-order valence-corrected chi connectivity index (χ2v) is 3.24. The van der Waals surface area contributed by atoms with Gasteiger partial charge in [0.25, 0.3) is 0 Å². The molecule has 1 aromatic heterocycles. The van der Waals surface area contributed by atoms with Gasteiger partial charge in [0.05, 0.1) is 12.1 Å². The molecule has 0 spiro atoms. The van der Waals surface area contributed by atoms with Crippen LogP contribution in [0.1, 0.15) is 0 Å². The van der Waals surface area contributed by atoms with Gasteiger partial charge in [0.15, 0.2) is 0 Å². The molecule has 84 valence electrons. The highest BCUT2D eigenvalue weighted by molar-refractivity contribution is 5.79. The minimum absolute atomic E-state index is 0.198. The maximum absolute atomic E-state index is 9.27. The summed E-state index contributed by atoms with van der Waals surface area (Å²) in [6.07, 6.45) is 1.62. The van der Waals surface area contributed by atoms with Crippen LogP contribution in [0.4, 0.5) is 0 Å². The topological polar surface area (TPSA) is 64.5 Å². The van der Waals surface area contributed by atoms with Crippen LogP contribution >= 0.6 is 0 Å². The van der Waals surface area contributed by atoms with E-state index < -0.39 is 0 Å². The molecule has 1 heterocycles.